The zero-order valence-electron chi connectivity index (χ0n) is 18.3. The number of allylic oxidation sites excluding steroid dienone is 5. The Labute approximate surface area is 170 Å². The van der Waals surface area contributed by atoms with Crippen LogP contribution < -0.4 is 0 Å². The van der Waals surface area contributed by atoms with E-state index in [0.717, 1.165) is 12.0 Å². The molecule has 0 atom stereocenters. The topological polar surface area (TPSA) is 26.3 Å². The first-order valence-corrected chi connectivity index (χ1v) is 10.5. The number of fused-ring (bicyclic) bond motifs is 2. The Hall–Kier alpha value is -2.09. The van der Waals surface area contributed by atoms with Crippen LogP contribution in [0.15, 0.2) is 42.0 Å². The van der Waals surface area contributed by atoms with Crippen LogP contribution in [0.3, 0.4) is 0 Å². The van der Waals surface area contributed by atoms with Gasteiger partial charge in [-0.3, -0.25) is 0 Å². The molecule has 28 heavy (non-hydrogen) atoms. The Morgan fingerprint density at radius 3 is 2.46 bits per heavy atom. The molecule has 0 aliphatic heterocycles. The number of hydrogen-bond donors (Lipinski definition) is 0. The molecule has 150 valence electrons. The highest BCUT2D eigenvalue weighted by atomic mass is 16.5. The Kier molecular flexibility index (Phi) is 5.70. The summed E-state index contributed by atoms with van der Waals surface area (Å²) in [7, 11) is 0. The van der Waals surface area contributed by atoms with Crippen molar-refractivity contribution in [3.8, 4) is 0 Å². The van der Waals surface area contributed by atoms with Crippen LogP contribution in [0, 0.1) is 0 Å². The number of carbonyl (C=O) groups is 1. The Morgan fingerprint density at radius 1 is 1.11 bits per heavy atom. The van der Waals surface area contributed by atoms with Gasteiger partial charge < -0.3 is 4.74 Å². The molecule has 0 radical (unpaired) electrons. The summed E-state index contributed by atoms with van der Waals surface area (Å²) < 4.78 is 4.97. The molecule has 0 N–H and O–H groups in total. The number of rotatable bonds is 4. The lowest BCUT2D eigenvalue weighted by Gasteiger charge is -2.25. The molecule has 0 aromatic heterocycles. The fourth-order valence-electron chi connectivity index (χ4n) is 5.08. The third kappa shape index (κ3) is 4.16. The quantitative estimate of drug-likeness (QED) is 0.343. The van der Waals surface area contributed by atoms with E-state index in [1.165, 1.54) is 41.5 Å². The summed E-state index contributed by atoms with van der Waals surface area (Å²) in [5.74, 6) is -0.277. The second-order valence-corrected chi connectivity index (χ2v) is 9.54. The van der Waals surface area contributed by atoms with Crippen LogP contribution in [0.2, 0.25) is 0 Å². The van der Waals surface area contributed by atoms with Crippen LogP contribution in [-0.2, 0) is 26.8 Å². The first kappa shape index (κ1) is 20.6. The van der Waals surface area contributed by atoms with Gasteiger partial charge in [-0.25, -0.2) is 4.79 Å². The molecule has 1 aromatic carbocycles. The third-order valence-electron chi connectivity index (χ3n) is 6.11. The predicted octanol–water partition coefficient (Wildman–Crippen LogP) is 6.43. The molecule has 2 aliphatic carbocycles. The number of carbonyl (C=O) groups excluding carboxylic acids is 1. The minimum absolute atomic E-state index is 0.227. The SMILES string of the molecule is CCOC(=O)/C=C(C)/C=C/C=C1\CCCc2cc3c(cc21)C(C)(C)CC3(C)C. The van der Waals surface area contributed by atoms with Crippen molar-refractivity contribution in [2.24, 2.45) is 0 Å². The number of aryl methyl sites for hydroxylation is 1. The van der Waals surface area contributed by atoms with E-state index in [4.69, 9.17) is 4.74 Å². The van der Waals surface area contributed by atoms with Crippen molar-refractivity contribution in [3.63, 3.8) is 0 Å². The van der Waals surface area contributed by atoms with E-state index in [2.05, 4.69) is 52.0 Å². The van der Waals surface area contributed by atoms with Crippen LogP contribution in [0.1, 0.15) is 83.1 Å². The van der Waals surface area contributed by atoms with Gasteiger partial charge in [0.05, 0.1) is 6.61 Å². The molecular weight excluding hydrogens is 344 g/mol. The molecule has 0 fully saturated rings. The first-order valence-electron chi connectivity index (χ1n) is 10.5. The smallest absolute Gasteiger partial charge is 0.330 e. The number of esters is 1. The standard InChI is InChI=1S/C26H34O2/c1-7-28-24(27)14-18(2)10-8-11-19-12-9-13-20-15-22-23(16-21(19)20)26(5,6)17-25(22,3)4/h8,10-11,14-16H,7,9,12-13,17H2,1-6H3/b10-8+,18-14+,19-11+. The highest BCUT2D eigenvalue weighted by Crippen LogP contribution is 2.51. The Bertz CT molecular complexity index is 863. The lowest BCUT2D eigenvalue weighted by atomic mass is 9.80. The van der Waals surface area contributed by atoms with E-state index in [0.29, 0.717) is 6.61 Å². The number of ether oxygens (including phenoxy) is 1. The zero-order chi connectivity index (χ0) is 20.5. The van der Waals surface area contributed by atoms with E-state index >= 15 is 0 Å². The maximum Gasteiger partial charge on any atom is 0.330 e. The highest BCUT2D eigenvalue weighted by Gasteiger charge is 2.42. The van der Waals surface area contributed by atoms with Gasteiger partial charge in [-0.05, 0) is 83.8 Å². The summed E-state index contributed by atoms with van der Waals surface area (Å²) in [6.07, 6.45) is 12.5. The molecule has 2 heteroatoms. The van der Waals surface area contributed by atoms with Gasteiger partial charge in [0.2, 0.25) is 0 Å². The molecule has 0 saturated carbocycles. The summed E-state index contributed by atoms with van der Waals surface area (Å²) in [5.41, 5.74) is 8.78. The number of hydrogen-bond acceptors (Lipinski definition) is 2. The van der Waals surface area contributed by atoms with Gasteiger partial charge in [0.15, 0.2) is 0 Å². The maximum absolute atomic E-state index is 11.6. The van der Waals surface area contributed by atoms with E-state index < -0.39 is 0 Å². The summed E-state index contributed by atoms with van der Waals surface area (Å²) >= 11 is 0. The first-order chi connectivity index (χ1) is 13.1. The minimum atomic E-state index is -0.277. The summed E-state index contributed by atoms with van der Waals surface area (Å²) in [4.78, 5) is 11.6. The van der Waals surface area contributed by atoms with Gasteiger partial charge in [-0.2, -0.15) is 0 Å². The summed E-state index contributed by atoms with van der Waals surface area (Å²) in [5, 5.41) is 0. The lowest BCUT2D eigenvalue weighted by Crippen LogP contribution is -2.18. The van der Waals surface area contributed by atoms with Crippen molar-refractivity contribution < 1.29 is 9.53 Å². The van der Waals surface area contributed by atoms with Gasteiger partial charge in [0, 0.05) is 6.08 Å². The second-order valence-electron chi connectivity index (χ2n) is 9.54. The molecular formula is C26H34O2. The van der Waals surface area contributed by atoms with Crippen LogP contribution in [0.4, 0.5) is 0 Å². The highest BCUT2D eigenvalue weighted by molar-refractivity contribution is 5.83. The molecule has 2 aliphatic rings. The molecule has 0 amide bonds. The molecule has 0 unspecified atom stereocenters. The van der Waals surface area contributed by atoms with E-state index in [1.54, 1.807) is 11.6 Å². The largest absolute Gasteiger partial charge is 0.463 e. The van der Waals surface area contributed by atoms with Gasteiger partial charge in [0.25, 0.3) is 0 Å². The molecule has 0 saturated heterocycles. The van der Waals surface area contributed by atoms with Crippen molar-refractivity contribution >= 4 is 11.5 Å². The average Bonchev–Trinajstić information content (AvgIpc) is 2.78. The van der Waals surface area contributed by atoms with Gasteiger partial charge in [0.1, 0.15) is 0 Å². The Balaban J connectivity index is 1.91. The second kappa shape index (κ2) is 7.73. The average molecular weight is 379 g/mol. The molecule has 0 spiro atoms. The van der Waals surface area contributed by atoms with Gasteiger partial charge in [-0.1, -0.05) is 58.1 Å². The fourth-order valence-corrected chi connectivity index (χ4v) is 5.08. The zero-order valence-corrected chi connectivity index (χ0v) is 18.3. The molecule has 3 rings (SSSR count). The Morgan fingerprint density at radius 2 is 1.79 bits per heavy atom. The third-order valence-corrected chi connectivity index (χ3v) is 6.11. The molecule has 1 aromatic rings. The van der Waals surface area contributed by atoms with Crippen molar-refractivity contribution in [1.29, 1.82) is 0 Å². The molecule has 2 nitrogen and oxygen atoms in total. The van der Waals surface area contributed by atoms with Crippen molar-refractivity contribution in [2.45, 2.75) is 78.1 Å². The van der Waals surface area contributed by atoms with Crippen molar-refractivity contribution in [3.05, 3.63) is 64.3 Å². The van der Waals surface area contributed by atoms with Gasteiger partial charge in [-0.15, -0.1) is 0 Å². The summed E-state index contributed by atoms with van der Waals surface area (Å²) in [6, 6.07) is 4.96. The normalized spacial score (nSPS) is 21.6. The van der Waals surface area contributed by atoms with Crippen LogP contribution in [-0.4, -0.2) is 12.6 Å². The fraction of sp³-hybridized carbons (Fsp3) is 0.500. The minimum Gasteiger partial charge on any atom is -0.463 e. The molecule has 0 heterocycles. The van der Waals surface area contributed by atoms with Gasteiger partial charge >= 0.3 is 5.97 Å². The number of benzene rings is 1. The van der Waals surface area contributed by atoms with E-state index in [1.807, 2.05) is 19.9 Å². The van der Waals surface area contributed by atoms with Crippen molar-refractivity contribution in [1.82, 2.24) is 0 Å². The molecule has 0 bridgehead atoms. The van der Waals surface area contributed by atoms with Crippen LogP contribution in [0.5, 0.6) is 0 Å². The lowest BCUT2D eigenvalue weighted by molar-refractivity contribution is -0.137. The summed E-state index contributed by atoms with van der Waals surface area (Å²) in [6.45, 7) is 13.7. The van der Waals surface area contributed by atoms with Crippen LogP contribution >= 0.6 is 0 Å². The maximum atomic E-state index is 11.6. The monoisotopic (exact) mass is 378 g/mol. The van der Waals surface area contributed by atoms with E-state index in [9.17, 15) is 4.79 Å². The van der Waals surface area contributed by atoms with Crippen LogP contribution in [0.25, 0.3) is 5.57 Å². The predicted molar refractivity (Wildman–Crippen MR) is 118 cm³/mol. The van der Waals surface area contributed by atoms with E-state index in [-0.39, 0.29) is 16.8 Å². The van der Waals surface area contributed by atoms with Crippen molar-refractivity contribution in [2.75, 3.05) is 6.61 Å².